The van der Waals surface area contributed by atoms with E-state index in [9.17, 15) is 19.2 Å². The van der Waals surface area contributed by atoms with E-state index in [1.165, 1.54) is 25.6 Å². The van der Waals surface area contributed by atoms with Crippen molar-refractivity contribution in [3.63, 3.8) is 0 Å². The number of amides is 2. The molecule has 0 aliphatic carbocycles. The van der Waals surface area contributed by atoms with Crippen molar-refractivity contribution < 1.29 is 14.3 Å². The van der Waals surface area contributed by atoms with E-state index in [4.69, 9.17) is 4.74 Å². The summed E-state index contributed by atoms with van der Waals surface area (Å²) in [5.41, 5.74) is 0.500. The molecule has 3 rings (SSSR count). The van der Waals surface area contributed by atoms with Gasteiger partial charge in [0.15, 0.2) is 5.65 Å². The Morgan fingerprint density at radius 1 is 1.16 bits per heavy atom. The lowest BCUT2D eigenvalue weighted by atomic mass is 10.1. The molecule has 0 saturated carbocycles. The average molecular weight is 425 g/mol. The summed E-state index contributed by atoms with van der Waals surface area (Å²) in [6, 6.07) is 6.53. The predicted molar refractivity (Wildman–Crippen MR) is 117 cm³/mol. The third-order valence-electron chi connectivity index (χ3n) is 4.73. The van der Waals surface area contributed by atoms with Crippen LogP contribution in [0, 0.1) is 0 Å². The van der Waals surface area contributed by atoms with Crippen molar-refractivity contribution in [1.82, 2.24) is 14.1 Å². The van der Waals surface area contributed by atoms with Crippen LogP contribution in [0.4, 0.5) is 11.4 Å². The molecule has 0 radical (unpaired) electrons. The molecule has 0 fully saturated rings. The second-order valence-electron chi connectivity index (χ2n) is 6.91. The van der Waals surface area contributed by atoms with Crippen LogP contribution in [0.5, 0.6) is 5.75 Å². The van der Waals surface area contributed by atoms with Gasteiger partial charge in [0.2, 0.25) is 11.8 Å². The van der Waals surface area contributed by atoms with Crippen molar-refractivity contribution in [3.8, 4) is 5.75 Å². The number of fused-ring (bicyclic) bond motifs is 1. The molecule has 2 N–H and O–H groups in total. The second-order valence-corrected chi connectivity index (χ2v) is 6.91. The molecule has 10 heteroatoms. The van der Waals surface area contributed by atoms with Crippen molar-refractivity contribution in [2.45, 2.75) is 26.8 Å². The molecule has 0 unspecified atom stereocenters. The molecule has 162 valence electrons. The van der Waals surface area contributed by atoms with Crippen LogP contribution in [0.3, 0.4) is 0 Å². The van der Waals surface area contributed by atoms with E-state index in [1.807, 2.05) is 6.92 Å². The lowest BCUT2D eigenvalue weighted by molar-refractivity contribution is -0.117. The molecule has 0 saturated heterocycles. The van der Waals surface area contributed by atoms with E-state index < -0.39 is 23.7 Å². The molecule has 0 atom stereocenters. The van der Waals surface area contributed by atoms with Crippen LogP contribution in [-0.4, -0.2) is 33.0 Å². The Labute approximate surface area is 177 Å². The molecule has 3 aromatic rings. The fourth-order valence-electron chi connectivity index (χ4n) is 3.31. The van der Waals surface area contributed by atoms with Gasteiger partial charge < -0.3 is 15.4 Å². The summed E-state index contributed by atoms with van der Waals surface area (Å²) in [7, 11) is 2.92. The Morgan fingerprint density at radius 3 is 2.45 bits per heavy atom. The van der Waals surface area contributed by atoms with E-state index in [2.05, 4.69) is 15.6 Å². The molecular formula is C21H23N5O5. The third-order valence-corrected chi connectivity index (χ3v) is 4.73. The first-order valence-electron chi connectivity index (χ1n) is 9.59. The van der Waals surface area contributed by atoms with Crippen molar-refractivity contribution in [2.75, 3.05) is 17.7 Å². The number of benzene rings is 1. The first-order chi connectivity index (χ1) is 14.8. The second kappa shape index (κ2) is 8.82. The lowest BCUT2D eigenvalue weighted by Gasteiger charge is -2.14. The Morgan fingerprint density at radius 2 is 1.84 bits per heavy atom. The number of aromatic nitrogens is 3. The maximum atomic E-state index is 13.1. The summed E-state index contributed by atoms with van der Waals surface area (Å²) in [6.07, 6.45) is 2.15. The van der Waals surface area contributed by atoms with Gasteiger partial charge in [-0.25, -0.2) is 14.3 Å². The van der Waals surface area contributed by atoms with Gasteiger partial charge in [-0.2, -0.15) is 0 Å². The minimum Gasteiger partial charge on any atom is -0.495 e. The van der Waals surface area contributed by atoms with Gasteiger partial charge in [-0.1, -0.05) is 13.0 Å². The number of anilines is 2. The number of methoxy groups -OCH3 is 1. The topological polar surface area (TPSA) is 124 Å². The first-order valence-corrected chi connectivity index (χ1v) is 9.59. The molecule has 2 heterocycles. The molecule has 2 amide bonds. The van der Waals surface area contributed by atoms with Crippen LogP contribution in [0.2, 0.25) is 0 Å². The average Bonchev–Trinajstić information content (AvgIpc) is 2.73. The number of hydrogen-bond acceptors (Lipinski definition) is 6. The SMILES string of the molecule is CCc1cnc2c(c1OC)c(=O)n(CC(=O)Nc1cccc(NC(C)=O)c1)c(=O)n2C. The largest absolute Gasteiger partial charge is 0.495 e. The molecule has 1 aromatic carbocycles. The maximum Gasteiger partial charge on any atom is 0.332 e. The molecule has 0 spiro atoms. The predicted octanol–water partition coefficient (Wildman–Crippen LogP) is 1.26. The molecule has 0 bridgehead atoms. The third kappa shape index (κ3) is 4.32. The Kier molecular flexibility index (Phi) is 6.19. The zero-order valence-electron chi connectivity index (χ0n) is 17.7. The minimum atomic E-state index is -0.668. The van der Waals surface area contributed by atoms with Crippen molar-refractivity contribution >= 4 is 34.2 Å². The number of nitrogens with one attached hydrogen (secondary N) is 2. The number of hydrogen-bond donors (Lipinski definition) is 2. The van der Waals surface area contributed by atoms with Gasteiger partial charge in [-0.05, 0) is 24.6 Å². The van der Waals surface area contributed by atoms with Gasteiger partial charge in [-0.3, -0.25) is 19.0 Å². The molecule has 10 nitrogen and oxygen atoms in total. The van der Waals surface area contributed by atoms with Crippen molar-refractivity contribution in [3.05, 3.63) is 56.9 Å². The summed E-state index contributed by atoms with van der Waals surface area (Å²) in [6.45, 7) is 2.78. The summed E-state index contributed by atoms with van der Waals surface area (Å²) in [5, 5.41) is 5.39. The highest BCUT2D eigenvalue weighted by Gasteiger charge is 2.20. The van der Waals surface area contributed by atoms with E-state index in [0.717, 1.165) is 10.1 Å². The summed E-state index contributed by atoms with van der Waals surface area (Å²) < 4.78 is 7.48. The van der Waals surface area contributed by atoms with Crippen LogP contribution in [0.25, 0.3) is 11.0 Å². The zero-order chi connectivity index (χ0) is 22.7. The van der Waals surface area contributed by atoms with Gasteiger partial charge in [-0.15, -0.1) is 0 Å². The molecule has 0 aliphatic heterocycles. The van der Waals surface area contributed by atoms with Gasteiger partial charge in [0, 0.05) is 37.1 Å². The minimum absolute atomic E-state index is 0.143. The lowest BCUT2D eigenvalue weighted by Crippen LogP contribution is -2.42. The Balaban J connectivity index is 2.00. The number of carbonyl (C=O) groups is 2. The van der Waals surface area contributed by atoms with Gasteiger partial charge in [0.1, 0.15) is 17.7 Å². The van der Waals surface area contributed by atoms with E-state index in [0.29, 0.717) is 23.5 Å². The number of pyridine rings is 1. The van der Waals surface area contributed by atoms with E-state index in [-0.39, 0.29) is 16.9 Å². The van der Waals surface area contributed by atoms with E-state index >= 15 is 0 Å². The van der Waals surface area contributed by atoms with Gasteiger partial charge >= 0.3 is 5.69 Å². The standard InChI is InChI=1S/C21H23N5O5/c1-5-13-10-22-19-17(18(13)31-4)20(29)26(21(30)25(19)3)11-16(28)24-15-8-6-7-14(9-15)23-12(2)27/h6-10H,5,11H2,1-4H3,(H,23,27)(H,24,28). The monoisotopic (exact) mass is 425 g/mol. The molecule has 31 heavy (non-hydrogen) atoms. The Hall–Kier alpha value is -3.95. The van der Waals surface area contributed by atoms with Crippen molar-refractivity contribution in [1.29, 1.82) is 0 Å². The normalized spacial score (nSPS) is 10.7. The fraction of sp³-hybridized carbons (Fsp3) is 0.286. The van der Waals surface area contributed by atoms with Gasteiger partial charge in [0.25, 0.3) is 5.56 Å². The number of nitrogens with zero attached hydrogens (tertiary/aromatic N) is 3. The molecule has 2 aromatic heterocycles. The highest BCUT2D eigenvalue weighted by atomic mass is 16.5. The summed E-state index contributed by atoms with van der Waals surface area (Å²) >= 11 is 0. The fourth-order valence-corrected chi connectivity index (χ4v) is 3.31. The highest BCUT2D eigenvalue weighted by Crippen LogP contribution is 2.25. The maximum absolute atomic E-state index is 13.1. The zero-order valence-corrected chi connectivity index (χ0v) is 17.7. The van der Waals surface area contributed by atoms with Crippen molar-refractivity contribution in [2.24, 2.45) is 7.05 Å². The van der Waals surface area contributed by atoms with Crippen LogP contribution < -0.4 is 26.6 Å². The Bertz CT molecular complexity index is 1290. The number of aryl methyl sites for hydroxylation is 2. The van der Waals surface area contributed by atoms with Crippen LogP contribution in [0.15, 0.2) is 40.1 Å². The number of rotatable bonds is 6. The molecule has 0 aliphatic rings. The number of carbonyl (C=O) groups excluding carboxylic acids is 2. The smallest absolute Gasteiger partial charge is 0.332 e. The quantitative estimate of drug-likeness (QED) is 0.613. The number of ether oxygens (including phenoxy) is 1. The van der Waals surface area contributed by atoms with Gasteiger partial charge in [0.05, 0.1) is 7.11 Å². The van der Waals surface area contributed by atoms with Crippen LogP contribution >= 0.6 is 0 Å². The summed E-state index contributed by atoms with van der Waals surface area (Å²) in [4.78, 5) is 53.9. The van der Waals surface area contributed by atoms with E-state index in [1.54, 1.807) is 30.5 Å². The summed E-state index contributed by atoms with van der Waals surface area (Å²) in [5.74, 6) is -0.481. The highest BCUT2D eigenvalue weighted by molar-refractivity contribution is 5.93. The first kappa shape index (κ1) is 21.8. The van der Waals surface area contributed by atoms with Crippen LogP contribution in [-0.2, 0) is 29.6 Å². The molecular weight excluding hydrogens is 402 g/mol. The van der Waals surface area contributed by atoms with Crippen LogP contribution in [0.1, 0.15) is 19.4 Å².